The van der Waals surface area contributed by atoms with Crippen LogP contribution in [0.1, 0.15) is 65.6 Å². The molecule has 3 aromatic rings. The van der Waals surface area contributed by atoms with Crippen LogP contribution in [-0.2, 0) is 4.74 Å². The molecule has 1 aromatic carbocycles. The van der Waals surface area contributed by atoms with Crippen molar-refractivity contribution in [3.05, 3.63) is 35.5 Å². The number of benzene rings is 1. The maximum absolute atomic E-state index is 12.4. The molecule has 0 unspecified atom stereocenters. The van der Waals surface area contributed by atoms with Crippen molar-refractivity contribution >= 4 is 17.1 Å². The lowest BCUT2D eigenvalue weighted by Crippen LogP contribution is -2.46. The van der Waals surface area contributed by atoms with E-state index in [9.17, 15) is 4.79 Å². The Labute approximate surface area is 192 Å². The van der Waals surface area contributed by atoms with Crippen molar-refractivity contribution in [3.8, 4) is 11.1 Å². The maximum Gasteiger partial charge on any atom is 0.317 e. The lowest BCUT2D eigenvalue weighted by Gasteiger charge is -2.34. The summed E-state index contributed by atoms with van der Waals surface area (Å²) in [6.45, 7) is 4.48. The summed E-state index contributed by atoms with van der Waals surface area (Å²) in [6.07, 6.45) is 3.39. The average Bonchev–Trinajstić information content (AvgIpc) is 3.34. The molecule has 3 heterocycles. The number of carbonyl (C=O) groups excluding carboxylic acids is 1. The smallest absolute Gasteiger partial charge is 0.317 e. The van der Waals surface area contributed by atoms with Crippen LogP contribution < -0.4 is 5.32 Å². The molecule has 1 saturated heterocycles. The number of rotatable bonds is 4. The van der Waals surface area contributed by atoms with Crippen LogP contribution in [0, 0.1) is 13.8 Å². The number of carbonyl (C=O) groups is 1. The highest BCUT2D eigenvalue weighted by molar-refractivity contribution is 5.84. The Morgan fingerprint density at radius 3 is 2.72 bits per heavy atom. The Morgan fingerprint density at radius 1 is 1.22 bits per heavy atom. The van der Waals surface area contributed by atoms with E-state index in [0.717, 1.165) is 58.7 Å². The monoisotopic (exact) mass is 440 g/mol. The first-order valence-electron chi connectivity index (χ1n) is 12.8. The molecule has 0 radical (unpaired) electrons. The molecule has 5 rings (SSSR count). The van der Waals surface area contributed by atoms with Crippen LogP contribution >= 0.6 is 0 Å². The van der Waals surface area contributed by atoms with E-state index in [1.807, 2.05) is 13.8 Å². The van der Waals surface area contributed by atoms with E-state index in [0.29, 0.717) is 19.4 Å². The quantitative estimate of drug-likeness (QED) is 0.644. The van der Waals surface area contributed by atoms with Crippen LogP contribution in [0.25, 0.3) is 22.2 Å². The number of hydrogen-bond donors (Lipinski definition) is 1. The molecule has 170 valence electrons. The lowest BCUT2D eigenvalue weighted by molar-refractivity contribution is 0.0583. The fourth-order valence-electron chi connectivity index (χ4n) is 5.17. The molecule has 1 N–H and O–H groups in total. The fourth-order valence-corrected chi connectivity index (χ4v) is 5.17. The van der Waals surface area contributed by atoms with Crippen molar-refractivity contribution in [2.45, 2.75) is 64.1 Å². The van der Waals surface area contributed by atoms with E-state index in [2.05, 4.69) is 33.2 Å². The predicted octanol–water partition coefficient (Wildman–Crippen LogP) is 4.52. The molecule has 1 aliphatic carbocycles. The summed E-state index contributed by atoms with van der Waals surface area (Å²) in [4.78, 5) is 19.1. The highest BCUT2D eigenvalue weighted by Crippen LogP contribution is 2.38. The van der Waals surface area contributed by atoms with Gasteiger partial charge in [-0.25, -0.2) is 9.78 Å². The van der Waals surface area contributed by atoms with Crippen molar-refractivity contribution in [1.82, 2.24) is 24.9 Å². The van der Waals surface area contributed by atoms with Gasteiger partial charge in [-0.05, 0) is 63.6 Å². The largest absolute Gasteiger partial charge is 0.381 e. The van der Waals surface area contributed by atoms with Gasteiger partial charge in [-0.3, -0.25) is 0 Å². The summed E-state index contributed by atoms with van der Waals surface area (Å²) in [6, 6.07) is 6.05. The Hall–Kier alpha value is -2.87. The summed E-state index contributed by atoms with van der Waals surface area (Å²) in [5, 5.41) is 7.19. The average molecular weight is 441 g/mol. The van der Waals surface area contributed by atoms with Crippen LogP contribution in [0.2, 0.25) is 0 Å². The third-order valence-corrected chi connectivity index (χ3v) is 6.92. The molecule has 2 aliphatic rings. The van der Waals surface area contributed by atoms with Gasteiger partial charge in [0.05, 0.1) is 33.0 Å². The molecule has 8 heteroatoms. The molecule has 2 fully saturated rings. The molecule has 1 atom stereocenters. The molecular formula is C24H31N5O3. The van der Waals surface area contributed by atoms with E-state index >= 15 is 0 Å². The van der Waals surface area contributed by atoms with Crippen molar-refractivity contribution in [3.63, 3.8) is 0 Å². The SMILES string of the molecule is [2H]C([2H])([2H])OC1CCC(n2c([C@@H]3CCN(C)C(=O)N3)nc3cc(-c4c(C)noc4C)ccc32)CC1. The number of urea groups is 1. The highest BCUT2D eigenvalue weighted by Gasteiger charge is 2.32. The molecule has 0 spiro atoms. The summed E-state index contributed by atoms with van der Waals surface area (Å²) in [7, 11) is -0.589. The standard InChI is InChI=1S/C24H31N5O3/c1-14-22(15(2)32-27-14)16-5-10-21-20(13-16)25-23(19-11-12-28(3)24(30)26-19)29(21)17-6-8-18(31-4)9-7-17/h5,10,13,17-19H,6-9,11-12H2,1-4H3,(H,26,30)/t17?,18?,19-/m0/s1/i4D3. The fraction of sp³-hybridized carbons (Fsp3) is 0.542. The zero-order valence-electron chi connectivity index (χ0n) is 21.7. The van der Waals surface area contributed by atoms with Crippen molar-refractivity contribution < 1.29 is 18.2 Å². The van der Waals surface area contributed by atoms with Gasteiger partial charge in [-0.15, -0.1) is 0 Å². The minimum Gasteiger partial charge on any atom is -0.381 e. The number of fused-ring (bicyclic) bond motifs is 1. The summed E-state index contributed by atoms with van der Waals surface area (Å²) in [5.74, 6) is 1.61. The van der Waals surface area contributed by atoms with Crippen molar-refractivity contribution in [2.24, 2.45) is 0 Å². The number of amides is 2. The van der Waals surface area contributed by atoms with E-state index in [1.54, 1.807) is 11.9 Å². The van der Waals surface area contributed by atoms with Gasteiger partial charge >= 0.3 is 6.03 Å². The molecule has 1 saturated carbocycles. The lowest BCUT2D eigenvalue weighted by atomic mass is 9.92. The van der Waals surface area contributed by atoms with Crippen LogP contribution in [-0.4, -0.2) is 52.4 Å². The predicted molar refractivity (Wildman–Crippen MR) is 122 cm³/mol. The topological polar surface area (TPSA) is 85.4 Å². The minimum absolute atomic E-state index is 0.106. The minimum atomic E-state index is -2.38. The summed E-state index contributed by atoms with van der Waals surface area (Å²) in [5.41, 5.74) is 4.65. The number of ether oxygens (including phenoxy) is 1. The third-order valence-electron chi connectivity index (χ3n) is 6.92. The Bertz CT molecular complexity index is 1220. The van der Waals surface area contributed by atoms with Crippen LogP contribution in [0.15, 0.2) is 22.7 Å². The van der Waals surface area contributed by atoms with E-state index in [4.69, 9.17) is 18.4 Å². The van der Waals surface area contributed by atoms with Gasteiger partial charge in [-0.2, -0.15) is 0 Å². The summed E-state index contributed by atoms with van der Waals surface area (Å²) >= 11 is 0. The Kier molecular flexibility index (Phi) is 4.55. The first kappa shape index (κ1) is 17.7. The first-order valence-corrected chi connectivity index (χ1v) is 11.3. The van der Waals surface area contributed by atoms with Gasteiger partial charge in [0.2, 0.25) is 0 Å². The zero-order valence-corrected chi connectivity index (χ0v) is 18.7. The van der Waals surface area contributed by atoms with E-state index in [-0.39, 0.29) is 24.2 Å². The Balaban J connectivity index is 1.52. The molecule has 32 heavy (non-hydrogen) atoms. The molecule has 8 nitrogen and oxygen atoms in total. The normalized spacial score (nSPS) is 26.0. The van der Waals surface area contributed by atoms with Crippen LogP contribution in [0.4, 0.5) is 4.79 Å². The first-order chi connectivity index (χ1) is 16.6. The highest BCUT2D eigenvalue weighted by atomic mass is 16.5. The number of methoxy groups -OCH3 is 1. The van der Waals surface area contributed by atoms with Gasteiger partial charge in [0, 0.05) is 32.2 Å². The molecule has 2 amide bonds. The van der Waals surface area contributed by atoms with Gasteiger partial charge in [-0.1, -0.05) is 11.2 Å². The van der Waals surface area contributed by atoms with Crippen molar-refractivity contribution in [2.75, 3.05) is 20.6 Å². The number of nitrogens with zero attached hydrogens (tertiary/aromatic N) is 4. The molecule has 2 aromatic heterocycles. The van der Waals surface area contributed by atoms with Gasteiger partial charge in [0.25, 0.3) is 0 Å². The maximum atomic E-state index is 12.4. The summed E-state index contributed by atoms with van der Waals surface area (Å²) < 4.78 is 35.2. The second kappa shape index (κ2) is 8.24. The Morgan fingerprint density at radius 2 is 2.03 bits per heavy atom. The van der Waals surface area contributed by atoms with Crippen LogP contribution in [0.5, 0.6) is 0 Å². The zero-order chi connectivity index (χ0) is 24.9. The molecular weight excluding hydrogens is 406 g/mol. The van der Waals surface area contributed by atoms with Crippen molar-refractivity contribution in [1.29, 1.82) is 0 Å². The van der Waals surface area contributed by atoms with Crippen LogP contribution in [0.3, 0.4) is 0 Å². The van der Waals surface area contributed by atoms with E-state index in [1.165, 1.54) is 0 Å². The number of aromatic nitrogens is 3. The molecule has 1 aliphatic heterocycles. The van der Waals surface area contributed by atoms with E-state index < -0.39 is 7.04 Å². The second-order valence-corrected chi connectivity index (χ2v) is 9.00. The number of nitrogens with one attached hydrogen (secondary N) is 1. The number of hydrogen-bond acceptors (Lipinski definition) is 5. The number of aryl methyl sites for hydroxylation is 2. The van der Waals surface area contributed by atoms with Gasteiger partial charge in [0.1, 0.15) is 11.6 Å². The molecule has 0 bridgehead atoms. The second-order valence-electron chi connectivity index (χ2n) is 9.00. The third kappa shape index (κ3) is 3.56. The number of imidazole rings is 1. The van der Waals surface area contributed by atoms with Gasteiger partial charge < -0.3 is 24.0 Å². The van der Waals surface area contributed by atoms with Gasteiger partial charge in [0.15, 0.2) is 0 Å².